The van der Waals surface area contributed by atoms with E-state index < -0.39 is 5.54 Å². The fourth-order valence-corrected chi connectivity index (χ4v) is 2.01. The Morgan fingerprint density at radius 3 is 2.33 bits per heavy atom. The summed E-state index contributed by atoms with van der Waals surface area (Å²) in [6, 6.07) is 0. The van der Waals surface area contributed by atoms with Crippen molar-refractivity contribution in [3.63, 3.8) is 0 Å². The van der Waals surface area contributed by atoms with E-state index in [1.54, 1.807) is 7.05 Å². The zero-order valence-corrected chi connectivity index (χ0v) is 11.9. The summed E-state index contributed by atoms with van der Waals surface area (Å²) in [4.78, 5) is 11.6. The van der Waals surface area contributed by atoms with E-state index in [2.05, 4.69) is 5.32 Å². The second-order valence-corrected chi connectivity index (χ2v) is 5.87. The smallest absolute Gasteiger partial charge is 0.240 e. The minimum absolute atomic E-state index is 0.163. The van der Waals surface area contributed by atoms with Crippen molar-refractivity contribution in [3.8, 4) is 0 Å². The van der Waals surface area contributed by atoms with Gasteiger partial charge in [0.1, 0.15) is 5.54 Å². The molecule has 106 valence electrons. The molecule has 5 heteroatoms. The van der Waals surface area contributed by atoms with Crippen molar-refractivity contribution in [2.45, 2.75) is 44.8 Å². The molecule has 1 unspecified atom stereocenters. The Hall–Kier alpha value is -0.650. The van der Waals surface area contributed by atoms with E-state index in [0.717, 1.165) is 12.8 Å². The summed E-state index contributed by atoms with van der Waals surface area (Å²) in [6.07, 6.45) is 2.07. The summed E-state index contributed by atoms with van der Waals surface area (Å²) in [6.45, 7) is 7.31. The lowest BCUT2D eigenvalue weighted by Crippen LogP contribution is -2.59. The highest BCUT2D eigenvalue weighted by molar-refractivity contribution is 5.85. The van der Waals surface area contributed by atoms with Crippen molar-refractivity contribution in [1.82, 2.24) is 5.32 Å². The minimum Gasteiger partial charge on any atom is -0.377 e. The van der Waals surface area contributed by atoms with E-state index >= 15 is 0 Å². The first-order valence-corrected chi connectivity index (χ1v) is 6.52. The highest BCUT2D eigenvalue weighted by Gasteiger charge is 2.49. The molecule has 0 aromatic carbocycles. The van der Waals surface area contributed by atoms with Crippen LogP contribution in [0.1, 0.15) is 33.6 Å². The number of carbonyl (C=O) groups excluding carboxylic acids is 1. The number of ether oxygens (including phenoxy) is 2. The van der Waals surface area contributed by atoms with Gasteiger partial charge in [0.2, 0.25) is 5.91 Å². The number of carbonyl (C=O) groups is 1. The molecule has 0 aromatic rings. The number of hydrogen-bond donors (Lipinski definition) is 2. The average Bonchev–Trinajstić information content (AvgIpc) is 3.05. The van der Waals surface area contributed by atoms with Crippen molar-refractivity contribution in [3.05, 3.63) is 0 Å². The third kappa shape index (κ3) is 4.23. The van der Waals surface area contributed by atoms with E-state index in [1.165, 1.54) is 0 Å². The van der Waals surface area contributed by atoms with Crippen LogP contribution in [0.2, 0.25) is 0 Å². The van der Waals surface area contributed by atoms with Crippen LogP contribution in [0.4, 0.5) is 0 Å². The Labute approximate surface area is 109 Å². The third-order valence-corrected chi connectivity index (χ3v) is 3.25. The molecule has 0 radical (unpaired) electrons. The summed E-state index contributed by atoms with van der Waals surface area (Å²) in [5, 5.41) is 3.04. The van der Waals surface area contributed by atoms with Gasteiger partial charge in [-0.1, -0.05) is 0 Å². The lowest BCUT2D eigenvalue weighted by atomic mass is 9.93. The van der Waals surface area contributed by atoms with Crippen molar-refractivity contribution in [1.29, 1.82) is 0 Å². The topological polar surface area (TPSA) is 73.6 Å². The number of hydrogen-bond acceptors (Lipinski definition) is 4. The van der Waals surface area contributed by atoms with Crippen molar-refractivity contribution < 1.29 is 14.3 Å². The van der Waals surface area contributed by atoms with Crippen LogP contribution in [0.15, 0.2) is 0 Å². The zero-order valence-electron chi connectivity index (χ0n) is 11.9. The molecule has 1 aliphatic carbocycles. The third-order valence-electron chi connectivity index (χ3n) is 3.25. The van der Waals surface area contributed by atoms with Gasteiger partial charge in [0.05, 0.1) is 25.4 Å². The average molecular weight is 258 g/mol. The van der Waals surface area contributed by atoms with Crippen LogP contribution in [0.25, 0.3) is 0 Å². The zero-order chi connectivity index (χ0) is 13.8. The maximum absolute atomic E-state index is 11.6. The number of amides is 1. The Morgan fingerprint density at radius 1 is 1.33 bits per heavy atom. The summed E-state index contributed by atoms with van der Waals surface area (Å²) in [5.41, 5.74) is 4.62. The molecule has 0 spiro atoms. The summed E-state index contributed by atoms with van der Waals surface area (Å²) in [7, 11) is 1.76. The highest BCUT2D eigenvalue weighted by Crippen LogP contribution is 2.39. The van der Waals surface area contributed by atoms with Gasteiger partial charge in [-0.3, -0.25) is 4.79 Å². The van der Waals surface area contributed by atoms with Gasteiger partial charge in [-0.15, -0.1) is 0 Å². The van der Waals surface area contributed by atoms with E-state index in [4.69, 9.17) is 15.2 Å². The minimum atomic E-state index is -0.707. The Bertz CT molecular complexity index is 284. The Morgan fingerprint density at radius 2 is 1.94 bits per heavy atom. The molecule has 1 aliphatic rings. The van der Waals surface area contributed by atoms with Crippen LogP contribution < -0.4 is 11.1 Å². The normalized spacial score (nSPS) is 19.6. The van der Waals surface area contributed by atoms with Crippen LogP contribution in [0, 0.1) is 5.92 Å². The van der Waals surface area contributed by atoms with Crippen LogP contribution >= 0.6 is 0 Å². The van der Waals surface area contributed by atoms with Gasteiger partial charge in [-0.25, -0.2) is 0 Å². The van der Waals surface area contributed by atoms with Crippen molar-refractivity contribution >= 4 is 5.91 Å². The molecular formula is C13H26N2O3. The molecule has 1 amide bonds. The lowest BCUT2D eigenvalue weighted by molar-refractivity contribution is -0.129. The molecule has 0 heterocycles. The second kappa shape index (κ2) is 5.99. The molecule has 1 rings (SSSR count). The molecular weight excluding hydrogens is 232 g/mol. The number of likely N-dealkylation sites (N-methyl/N-ethyl adjacent to an activating group) is 1. The molecule has 3 N–H and O–H groups in total. The largest absolute Gasteiger partial charge is 0.377 e. The fraction of sp³-hybridized carbons (Fsp3) is 0.923. The molecule has 0 aliphatic heterocycles. The summed E-state index contributed by atoms with van der Waals surface area (Å²) in [5.74, 6) is -0.0206. The molecule has 0 aromatic heterocycles. The van der Waals surface area contributed by atoms with Gasteiger partial charge < -0.3 is 20.5 Å². The first-order chi connectivity index (χ1) is 8.32. The van der Waals surface area contributed by atoms with Crippen molar-refractivity contribution in [2.75, 3.05) is 26.9 Å². The van der Waals surface area contributed by atoms with Crippen LogP contribution in [-0.2, 0) is 14.3 Å². The highest BCUT2D eigenvalue weighted by atomic mass is 16.5. The second-order valence-electron chi connectivity index (χ2n) is 5.87. The lowest BCUT2D eigenvalue weighted by Gasteiger charge is -2.30. The molecule has 5 nitrogen and oxygen atoms in total. The van der Waals surface area contributed by atoms with E-state index in [0.29, 0.717) is 25.7 Å². The van der Waals surface area contributed by atoms with Gasteiger partial charge >= 0.3 is 0 Å². The van der Waals surface area contributed by atoms with Gasteiger partial charge in [0.25, 0.3) is 0 Å². The molecule has 1 saturated carbocycles. The van der Waals surface area contributed by atoms with Gasteiger partial charge in [0, 0.05) is 0 Å². The Balaban J connectivity index is 2.33. The first-order valence-electron chi connectivity index (χ1n) is 6.52. The van der Waals surface area contributed by atoms with Crippen LogP contribution in [0.3, 0.4) is 0 Å². The van der Waals surface area contributed by atoms with E-state index in [1.807, 2.05) is 20.8 Å². The summed E-state index contributed by atoms with van der Waals surface area (Å²) < 4.78 is 11.1. The standard InChI is InChI=1S/C13H26N2O3/c1-12(2,3)18-8-7-17-9-13(15-4,11(14)16)10-5-6-10/h10,15H,5-9H2,1-4H3,(H2,14,16). The van der Waals surface area contributed by atoms with Gasteiger partial charge in [-0.2, -0.15) is 0 Å². The monoisotopic (exact) mass is 258 g/mol. The SMILES string of the molecule is CNC(COCCOC(C)(C)C)(C(N)=O)C1CC1. The number of nitrogens with one attached hydrogen (secondary N) is 1. The molecule has 0 saturated heterocycles. The van der Waals surface area contributed by atoms with E-state index in [-0.39, 0.29) is 11.5 Å². The number of rotatable bonds is 8. The molecule has 1 atom stereocenters. The maximum Gasteiger partial charge on any atom is 0.240 e. The quantitative estimate of drug-likeness (QED) is 0.628. The van der Waals surface area contributed by atoms with Gasteiger partial charge in [-0.05, 0) is 46.6 Å². The first kappa shape index (κ1) is 15.4. The maximum atomic E-state index is 11.6. The molecule has 18 heavy (non-hydrogen) atoms. The summed E-state index contributed by atoms with van der Waals surface area (Å²) >= 11 is 0. The predicted molar refractivity (Wildman–Crippen MR) is 70.2 cm³/mol. The predicted octanol–water partition coefficient (Wildman–Crippen LogP) is 0.672. The molecule has 0 bridgehead atoms. The Kier molecular flexibility index (Phi) is 5.13. The number of primary amides is 1. The van der Waals surface area contributed by atoms with Crippen molar-refractivity contribution in [2.24, 2.45) is 11.7 Å². The van der Waals surface area contributed by atoms with Crippen LogP contribution in [-0.4, -0.2) is 43.9 Å². The van der Waals surface area contributed by atoms with E-state index in [9.17, 15) is 4.79 Å². The van der Waals surface area contributed by atoms with Gasteiger partial charge in [0.15, 0.2) is 0 Å². The molecule has 1 fully saturated rings. The van der Waals surface area contributed by atoms with Crippen LogP contribution in [0.5, 0.6) is 0 Å². The number of nitrogens with two attached hydrogens (primary N) is 1. The fourth-order valence-electron chi connectivity index (χ4n) is 2.01.